The molecule has 49 heavy (non-hydrogen) atoms. The minimum atomic E-state index is 0.955. The Hall–Kier alpha value is -5.54. The number of aryl methyl sites for hydroxylation is 1. The van der Waals surface area contributed by atoms with E-state index in [1.165, 1.54) is 53.9 Å². The van der Waals surface area contributed by atoms with Crippen molar-refractivity contribution in [2.24, 2.45) is 9.98 Å². The molecule has 0 fully saturated rings. The van der Waals surface area contributed by atoms with Crippen molar-refractivity contribution < 1.29 is 0 Å². The maximum absolute atomic E-state index is 5.30. The van der Waals surface area contributed by atoms with Gasteiger partial charge in [0.05, 0.1) is 33.8 Å². The highest BCUT2D eigenvalue weighted by Gasteiger charge is 2.14. The Kier molecular flexibility index (Phi) is 10.2. The van der Waals surface area contributed by atoms with E-state index in [2.05, 4.69) is 169 Å². The standard InChI is InChI=1S/C46H43N3/c1-2-3-4-5-6-19-32-49-43-33-39(47-45(35-20-11-7-12-21-35)36-22-13-8-14-23-36)28-30-41(43)42-31-29-40(34-44(42)49)48-46(37-24-15-9-16-25-37)38-26-17-10-18-27-38/h7-18,20-31,33-34H,2-6,19,32H2,1H3. The van der Waals surface area contributed by atoms with Crippen LogP contribution >= 0.6 is 0 Å². The van der Waals surface area contributed by atoms with Crippen molar-refractivity contribution in [1.29, 1.82) is 0 Å². The summed E-state index contributed by atoms with van der Waals surface area (Å²) in [5.41, 5.74) is 10.7. The summed E-state index contributed by atoms with van der Waals surface area (Å²) in [5.74, 6) is 0. The molecule has 6 aromatic carbocycles. The molecule has 0 atom stereocenters. The fourth-order valence-corrected chi connectivity index (χ4v) is 6.74. The van der Waals surface area contributed by atoms with Gasteiger partial charge in [0.1, 0.15) is 0 Å². The summed E-state index contributed by atoms with van der Waals surface area (Å²) in [4.78, 5) is 10.6. The number of aromatic nitrogens is 1. The van der Waals surface area contributed by atoms with E-state index >= 15 is 0 Å². The van der Waals surface area contributed by atoms with Crippen molar-refractivity contribution in [1.82, 2.24) is 4.57 Å². The van der Waals surface area contributed by atoms with Crippen molar-refractivity contribution >= 4 is 44.6 Å². The van der Waals surface area contributed by atoms with Crippen LogP contribution in [0.25, 0.3) is 21.8 Å². The molecule has 0 N–H and O–H groups in total. The van der Waals surface area contributed by atoms with Crippen LogP contribution in [0, 0.1) is 0 Å². The van der Waals surface area contributed by atoms with Gasteiger partial charge in [-0.15, -0.1) is 0 Å². The van der Waals surface area contributed by atoms with E-state index in [1.54, 1.807) is 0 Å². The first-order valence-corrected chi connectivity index (χ1v) is 17.7. The number of fused-ring (bicyclic) bond motifs is 3. The predicted molar refractivity (Wildman–Crippen MR) is 209 cm³/mol. The molecule has 242 valence electrons. The minimum Gasteiger partial charge on any atom is -0.340 e. The maximum atomic E-state index is 5.30. The van der Waals surface area contributed by atoms with Gasteiger partial charge in [-0.25, -0.2) is 9.98 Å². The van der Waals surface area contributed by atoms with Crippen LogP contribution in [0.5, 0.6) is 0 Å². The van der Waals surface area contributed by atoms with Crippen LogP contribution in [0.2, 0.25) is 0 Å². The first-order valence-electron chi connectivity index (χ1n) is 17.7. The molecular formula is C46H43N3. The maximum Gasteiger partial charge on any atom is 0.0781 e. The Morgan fingerprint density at radius 2 is 0.796 bits per heavy atom. The Morgan fingerprint density at radius 3 is 1.18 bits per heavy atom. The monoisotopic (exact) mass is 637 g/mol. The molecule has 0 amide bonds. The van der Waals surface area contributed by atoms with Gasteiger partial charge in [-0.2, -0.15) is 0 Å². The number of hydrogen-bond donors (Lipinski definition) is 0. The van der Waals surface area contributed by atoms with Gasteiger partial charge in [0, 0.05) is 39.6 Å². The molecule has 0 saturated carbocycles. The van der Waals surface area contributed by atoms with E-state index in [1.807, 2.05) is 0 Å². The molecule has 0 aliphatic rings. The summed E-state index contributed by atoms with van der Waals surface area (Å²) < 4.78 is 2.51. The smallest absolute Gasteiger partial charge is 0.0781 e. The molecule has 3 heteroatoms. The van der Waals surface area contributed by atoms with Crippen LogP contribution in [-0.4, -0.2) is 16.0 Å². The van der Waals surface area contributed by atoms with Crippen LogP contribution in [0.1, 0.15) is 67.7 Å². The largest absolute Gasteiger partial charge is 0.340 e. The van der Waals surface area contributed by atoms with Gasteiger partial charge in [-0.1, -0.05) is 172 Å². The number of nitrogens with zero attached hydrogens (tertiary/aromatic N) is 3. The Morgan fingerprint density at radius 1 is 0.429 bits per heavy atom. The predicted octanol–water partition coefficient (Wildman–Crippen LogP) is 12.5. The lowest BCUT2D eigenvalue weighted by atomic mass is 10.0. The number of rotatable bonds is 13. The van der Waals surface area contributed by atoms with E-state index in [4.69, 9.17) is 9.98 Å². The topological polar surface area (TPSA) is 29.6 Å². The number of aliphatic imine (C=N–C) groups is 2. The zero-order chi connectivity index (χ0) is 33.3. The summed E-state index contributed by atoms with van der Waals surface area (Å²) in [5, 5.41) is 2.51. The molecule has 7 aromatic rings. The summed E-state index contributed by atoms with van der Waals surface area (Å²) >= 11 is 0. The average Bonchev–Trinajstić information content (AvgIpc) is 3.47. The van der Waals surface area contributed by atoms with Crippen LogP contribution in [0.15, 0.2) is 168 Å². The molecule has 0 spiro atoms. The van der Waals surface area contributed by atoms with Gasteiger partial charge < -0.3 is 4.57 Å². The molecule has 0 aliphatic carbocycles. The summed E-state index contributed by atoms with van der Waals surface area (Å²) in [6.45, 7) is 3.24. The van der Waals surface area contributed by atoms with Gasteiger partial charge in [0.25, 0.3) is 0 Å². The molecule has 1 aromatic heterocycles. The number of hydrogen-bond acceptors (Lipinski definition) is 2. The lowest BCUT2D eigenvalue weighted by molar-refractivity contribution is 0.571. The van der Waals surface area contributed by atoms with Crippen LogP contribution in [0.4, 0.5) is 11.4 Å². The van der Waals surface area contributed by atoms with E-state index in [0.717, 1.165) is 58.0 Å². The summed E-state index contributed by atoms with van der Waals surface area (Å²) in [6, 6.07) is 55.4. The first kappa shape index (κ1) is 32.0. The normalized spacial score (nSPS) is 11.1. The van der Waals surface area contributed by atoms with Gasteiger partial charge in [-0.05, 0) is 30.7 Å². The van der Waals surface area contributed by atoms with E-state index in [0.29, 0.717) is 0 Å². The highest BCUT2D eigenvalue weighted by Crippen LogP contribution is 2.35. The number of unbranched alkanes of at least 4 members (excludes halogenated alkanes) is 5. The Labute approximate surface area is 290 Å². The number of benzene rings is 6. The van der Waals surface area contributed by atoms with Crippen molar-refractivity contribution in [3.05, 3.63) is 180 Å². The second-order valence-electron chi connectivity index (χ2n) is 12.7. The SMILES string of the molecule is CCCCCCCCn1c2cc(N=C(c3ccccc3)c3ccccc3)ccc2c2ccc(N=C(c3ccccc3)c3ccccc3)cc21. The first-order chi connectivity index (χ1) is 24.3. The third-order valence-corrected chi connectivity index (χ3v) is 9.24. The van der Waals surface area contributed by atoms with E-state index in [-0.39, 0.29) is 0 Å². The quantitative estimate of drug-likeness (QED) is 0.0889. The molecular weight excluding hydrogens is 595 g/mol. The van der Waals surface area contributed by atoms with Gasteiger partial charge in [0.2, 0.25) is 0 Å². The van der Waals surface area contributed by atoms with Crippen molar-refractivity contribution in [2.75, 3.05) is 0 Å². The lowest BCUT2D eigenvalue weighted by Gasteiger charge is -2.10. The third-order valence-electron chi connectivity index (χ3n) is 9.24. The van der Waals surface area contributed by atoms with Gasteiger partial charge in [0.15, 0.2) is 0 Å². The third kappa shape index (κ3) is 7.47. The second-order valence-corrected chi connectivity index (χ2v) is 12.7. The molecule has 0 saturated heterocycles. The zero-order valence-corrected chi connectivity index (χ0v) is 28.3. The molecule has 1 heterocycles. The van der Waals surface area contributed by atoms with Crippen LogP contribution in [0.3, 0.4) is 0 Å². The molecule has 7 rings (SSSR count). The van der Waals surface area contributed by atoms with Crippen LogP contribution in [-0.2, 0) is 6.54 Å². The fourth-order valence-electron chi connectivity index (χ4n) is 6.74. The second kappa shape index (κ2) is 15.6. The Bertz CT molecular complexity index is 1940. The molecule has 0 bridgehead atoms. The highest BCUT2D eigenvalue weighted by atomic mass is 15.0. The van der Waals surface area contributed by atoms with Crippen molar-refractivity contribution in [3.63, 3.8) is 0 Å². The minimum absolute atomic E-state index is 0.955. The van der Waals surface area contributed by atoms with Crippen molar-refractivity contribution in [2.45, 2.75) is 52.0 Å². The lowest BCUT2D eigenvalue weighted by Crippen LogP contribution is -2.03. The summed E-state index contributed by atoms with van der Waals surface area (Å²) in [6.07, 6.45) is 7.54. The summed E-state index contributed by atoms with van der Waals surface area (Å²) in [7, 11) is 0. The molecule has 0 unspecified atom stereocenters. The van der Waals surface area contributed by atoms with Crippen LogP contribution < -0.4 is 0 Å². The fraction of sp³-hybridized carbons (Fsp3) is 0.174. The molecule has 0 radical (unpaired) electrons. The highest BCUT2D eigenvalue weighted by molar-refractivity contribution is 6.16. The van der Waals surface area contributed by atoms with Gasteiger partial charge in [-0.3, -0.25) is 0 Å². The Balaban J connectivity index is 1.35. The van der Waals surface area contributed by atoms with E-state index in [9.17, 15) is 0 Å². The zero-order valence-electron chi connectivity index (χ0n) is 28.3. The molecule has 3 nitrogen and oxygen atoms in total. The van der Waals surface area contributed by atoms with E-state index < -0.39 is 0 Å². The van der Waals surface area contributed by atoms with Crippen molar-refractivity contribution in [3.8, 4) is 0 Å². The molecule has 0 aliphatic heterocycles. The van der Waals surface area contributed by atoms with Gasteiger partial charge >= 0.3 is 0 Å². The average molecular weight is 638 g/mol.